The van der Waals surface area contributed by atoms with Crippen LogP contribution in [0.25, 0.3) is 0 Å². The van der Waals surface area contributed by atoms with Crippen LogP contribution in [-0.2, 0) is 14.2 Å². The van der Waals surface area contributed by atoms with Crippen molar-refractivity contribution in [1.29, 1.82) is 0 Å². The van der Waals surface area contributed by atoms with Gasteiger partial charge >= 0.3 is 0 Å². The minimum atomic E-state index is -0.130. The molecular formula is C15H30O3. The summed E-state index contributed by atoms with van der Waals surface area (Å²) >= 11 is 0. The first kappa shape index (κ1) is 15.9. The molecule has 3 atom stereocenters. The number of rotatable bonds is 3. The molecular weight excluding hydrogens is 228 g/mol. The second kappa shape index (κ2) is 5.89. The van der Waals surface area contributed by atoms with E-state index in [9.17, 15) is 0 Å². The number of hydrogen-bond donors (Lipinski definition) is 0. The van der Waals surface area contributed by atoms with E-state index in [1.165, 1.54) is 0 Å². The highest BCUT2D eigenvalue weighted by Gasteiger charge is 2.34. The van der Waals surface area contributed by atoms with Crippen LogP contribution in [0.15, 0.2) is 0 Å². The predicted molar refractivity (Wildman–Crippen MR) is 73.9 cm³/mol. The zero-order valence-electron chi connectivity index (χ0n) is 13.1. The van der Waals surface area contributed by atoms with Crippen molar-refractivity contribution in [3.8, 4) is 0 Å². The van der Waals surface area contributed by atoms with Gasteiger partial charge in [0.1, 0.15) is 6.10 Å². The van der Waals surface area contributed by atoms with Gasteiger partial charge < -0.3 is 14.2 Å². The molecule has 1 aliphatic heterocycles. The Bertz CT molecular complexity index is 249. The first-order valence-electron chi connectivity index (χ1n) is 7.04. The molecule has 0 N–H and O–H groups in total. The Morgan fingerprint density at radius 3 is 2.11 bits per heavy atom. The Kier molecular flexibility index (Phi) is 5.22. The molecule has 108 valence electrons. The smallest absolute Gasteiger partial charge is 0.107 e. The van der Waals surface area contributed by atoms with Gasteiger partial charge in [0.25, 0.3) is 0 Å². The second-order valence-corrected chi connectivity index (χ2v) is 7.25. The van der Waals surface area contributed by atoms with Gasteiger partial charge in [-0.2, -0.15) is 0 Å². The minimum Gasteiger partial charge on any atom is -0.373 e. The molecule has 3 heteroatoms. The molecule has 1 aliphatic rings. The van der Waals surface area contributed by atoms with E-state index < -0.39 is 0 Å². The highest BCUT2D eigenvalue weighted by atomic mass is 16.6. The van der Waals surface area contributed by atoms with Crippen LogP contribution in [0.3, 0.4) is 0 Å². The zero-order chi connectivity index (χ0) is 14.0. The molecule has 2 unspecified atom stereocenters. The van der Waals surface area contributed by atoms with Gasteiger partial charge in [0.15, 0.2) is 0 Å². The van der Waals surface area contributed by atoms with Crippen LogP contribution in [0, 0.1) is 0 Å². The van der Waals surface area contributed by atoms with Crippen LogP contribution >= 0.6 is 0 Å². The van der Waals surface area contributed by atoms with Gasteiger partial charge in [-0.3, -0.25) is 0 Å². The summed E-state index contributed by atoms with van der Waals surface area (Å²) in [6, 6.07) is 0. The molecule has 3 nitrogen and oxygen atoms in total. The summed E-state index contributed by atoms with van der Waals surface area (Å²) in [6.45, 7) is 15.2. The molecule has 0 bridgehead atoms. The van der Waals surface area contributed by atoms with Crippen LogP contribution in [-0.4, -0.2) is 36.1 Å². The quantitative estimate of drug-likeness (QED) is 0.775. The summed E-state index contributed by atoms with van der Waals surface area (Å²) < 4.78 is 17.9. The summed E-state index contributed by atoms with van der Waals surface area (Å²) in [6.07, 6.45) is 2.61. The van der Waals surface area contributed by atoms with Crippen LogP contribution in [0.4, 0.5) is 0 Å². The van der Waals surface area contributed by atoms with Crippen molar-refractivity contribution in [3.63, 3.8) is 0 Å². The topological polar surface area (TPSA) is 27.7 Å². The molecule has 1 heterocycles. The average Bonchev–Trinajstić information content (AvgIpc) is 2.15. The van der Waals surface area contributed by atoms with Crippen LogP contribution in [0.1, 0.15) is 61.3 Å². The Hall–Kier alpha value is -0.120. The lowest BCUT2D eigenvalue weighted by Gasteiger charge is -2.39. The summed E-state index contributed by atoms with van der Waals surface area (Å²) in [7, 11) is 0. The van der Waals surface area contributed by atoms with Crippen molar-refractivity contribution >= 4 is 0 Å². The van der Waals surface area contributed by atoms with Crippen molar-refractivity contribution in [2.24, 2.45) is 0 Å². The van der Waals surface area contributed by atoms with Gasteiger partial charge in [-0.05, 0) is 61.3 Å². The van der Waals surface area contributed by atoms with Gasteiger partial charge in [-0.1, -0.05) is 0 Å². The summed E-state index contributed by atoms with van der Waals surface area (Å²) in [5.74, 6) is 0. The third-order valence-corrected chi connectivity index (χ3v) is 2.87. The van der Waals surface area contributed by atoms with Gasteiger partial charge in [-0.25, -0.2) is 0 Å². The molecule has 0 radical (unpaired) electrons. The van der Waals surface area contributed by atoms with Gasteiger partial charge in [0.05, 0.1) is 30.0 Å². The normalized spacial score (nSPS) is 30.5. The van der Waals surface area contributed by atoms with E-state index in [1.54, 1.807) is 0 Å². The van der Waals surface area contributed by atoms with Crippen molar-refractivity contribution in [1.82, 2.24) is 0 Å². The first-order chi connectivity index (χ1) is 8.07. The van der Waals surface area contributed by atoms with Gasteiger partial charge in [0, 0.05) is 0 Å². The molecule has 1 rings (SSSR count). The lowest BCUT2D eigenvalue weighted by molar-refractivity contribution is -0.197. The fourth-order valence-corrected chi connectivity index (χ4v) is 2.11. The standard InChI is InChI=1S/C15H30O3/c1-11-8-9-12(18-15(5,6)7)13(17-11)10-16-14(2,3)4/h11-13H,8-10H2,1-7H3/t11?,12?,13-/m1/s1. The van der Waals surface area contributed by atoms with E-state index in [0.717, 1.165) is 12.8 Å². The maximum absolute atomic E-state index is 6.10. The van der Waals surface area contributed by atoms with Crippen molar-refractivity contribution in [2.75, 3.05) is 6.61 Å². The predicted octanol–water partition coefficient (Wildman–Crippen LogP) is 3.55. The summed E-state index contributed by atoms with van der Waals surface area (Å²) in [4.78, 5) is 0. The van der Waals surface area contributed by atoms with Crippen molar-refractivity contribution < 1.29 is 14.2 Å². The number of ether oxygens (including phenoxy) is 3. The van der Waals surface area contributed by atoms with Crippen molar-refractivity contribution in [2.45, 2.75) is 90.8 Å². The third-order valence-electron chi connectivity index (χ3n) is 2.87. The molecule has 0 aliphatic carbocycles. The molecule has 0 aromatic rings. The van der Waals surface area contributed by atoms with Gasteiger partial charge in [0.2, 0.25) is 0 Å². The van der Waals surface area contributed by atoms with Gasteiger partial charge in [-0.15, -0.1) is 0 Å². The fraction of sp³-hybridized carbons (Fsp3) is 1.00. The fourth-order valence-electron chi connectivity index (χ4n) is 2.11. The first-order valence-corrected chi connectivity index (χ1v) is 7.04. The molecule has 1 saturated heterocycles. The molecule has 0 spiro atoms. The Balaban J connectivity index is 2.57. The maximum atomic E-state index is 6.10. The van der Waals surface area contributed by atoms with E-state index in [4.69, 9.17) is 14.2 Å². The van der Waals surface area contributed by atoms with E-state index >= 15 is 0 Å². The van der Waals surface area contributed by atoms with Crippen molar-refractivity contribution in [3.05, 3.63) is 0 Å². The molecule has 0 aromatic heterocycles. The lowest BCUT2D eigenvalue weighted by atomic mass is 10.0. The molecule has 18 heavy (non-hydrogen) atoms. The lowest BCUT2D eigenvalue weighted by Crippen LogP contribution is -2.46. The Labute approximate surface area is 112 Å². The molecule has 0 saturated carbocycles. The molecule has 0 aromatic carbocycles. The highest BCUT2D eigenvalue weighted by molar-refractivity contribution is 4.81. The Morgan fingerprint density at radius 2 is 1.61 bits per heavy atom. The zero-order valence-corrected chi connectivity index (χ0v) is 13.1. The maximum Gasteiger partial charge on any atom is 0.107 e. The Morgan fingerprint density at radius 1 is 1.00 bits per heavy atom. The monoisotopic (exact) mass is 258 g/mol. The SMILES string of the molecule is CC1CCC(OC(C)(C)C)[C@@H](COC(C)(C)C)O1. The van der Waals surface area contributed by atoms with E-state index in [-0.39, 0.29) is 23.4 Å². The van der Waals surface area contributed by atoms with E-state index in [1.807, 2.05) is 0 Å². The van der Waals surface area contributed by atoms with Crippen LogP contribution < -0.4 is 0 Å². The highest BCUT2D eigenvalue weighted by Crippen LogP contribution is 2.27. The third kappa shape index (κ3) is 6.17. The van der Waals surface area contributed by atoms with E-state index in [2.05, 4.69) is 48.5 Å². The van der Waals surface area contributed by atoms with Crippen LogP contribution in [0.5, 0.6) is 0 Å². The summed E-state index contributed by atoms with van der Waals surface area (Å²) in [5.41, 5.74) is -0.259. The number of hydrogen-bond acceptors (Lipinski definition) is 3. The summed E-state index contributed by atoms with van der Waals surface area (Å²) in [5, 5.41) is 0. The van der Waals surface area contributed by atoms with Crippen LogP contribution in [0.2, 0.25) is 0 Å². The average molecular weight is 258 g/mol. The minimum absolute atomic E-state index is 0.0483. The molecule has 0 amide bonds. The van der Waals surface area contributed by atoms with E-state index in [0.29, 0.717) is 12.7 Å². The largest absolute Gasteiger partial charge is 0.373 e. The molecule has 1 fully saturated rings. The second-order valence-electron chi connectivity index (χ2n) is 7.25.